The Kier molecular flexibility index (Phi) is 9.03. The molecule has 4 heteroatoms. The fraction of sp³-hybridized carbons (Fsp3) is 0.400. The van der Waals surface area contributed by atoms with Gasteiger partial charge in [-0.15, -0.1) is 0 Å². The molecule has 1 aliphatic rings. The summed E-state index contributed by atoms with van der Waals surface area (Å²) < 4.78 is 0. The lowest BCUT2D eigenvalue weighted by atomic mass is 9.69. The van der Waals surface area contributed by atoms with Crippen LogP contribution in [0.15, 0.2) is 60.7 Å². The summed E-state index contributed by atoms with van der Waals surface area (Å²) in [6.07, 6.45) is 11.1. The molecule has 1 aliphatic carbocycles. The van der Waals surface area contributed by atoms with Gasteiger partial charge in [-0.05, 0) is 90.1 Å². The maximum Gasteiger partial charge on any atom is 0.307 e. The molecule has 1 fully saturated rings. The lowest BCUT2D eigenvalue weighted by molar-refractivity contribution is -0.136. The number of rotatable bonds is 9. The molecule has 3 aromatic carbocycles. The smallest absolute Gasteiger partial charge is 0.307 e. The lowest BCUT2D eigenvalue weighted by Gasteiger charge is -2.34. The maximum atomic E-state index is 11.1. The summed E-state index contributed by atoms with van der Waals surface area (Å²) in [4.78, 5) is 11.1. The van der Waals surface area contributed by atoms with Crippen molar-refractivity contribution in [3.8, 4) is 11.1 Å². The van der Waals surface area contributed by atoms with Crippen molar-refractivity contribution in [3.63, 3.8) is 0 Å². The molecule has 0 radical (unpaired) electrons. The average Bonchev–Trinajstić information content (AvgIpc) is 2.91. The minimum Gasteiger partial charge on any atom is -0.481 e. The molecule has 0 atom stereocenters. The van der Waals surface area contributed by atoms with Crippen LogP contribution >= 0.6 is 11.6 Å². The quantitative estimate of drug-likeness (QED) is 0.282. The van der Waals surface area contributed by atoms with Crippen LogP contribution in [-0.4, -0.2) is 21.8 Å². The van der Waals surface area contributed by atoms with Crippen molar-refractivity contribution in [1.82, 2.24) is 0 Å². The molecule has 0 saturated heterocycles. The second kappa shape index (κ2) is 12.1. The van der Waals surface area contributed by atoms with E-state index in [9.17, 15) is 9.90 Å². The Morgan fingerprint density at radius 3 is 2.13 bits per heavy atom. The minimum atomic E-state index is -0.888. The van der Waals surface area contributed by atoms with Crippen molar-refractivity contribution in [1.29, 1.82) is 0 Å². The lowest BCUT2D eigenvalue weighted by Crippen LogP contribution is -2.28. The number of halogens is 1. The minimum absolute atomic E-state index is 0.0819. The summed E-state index contributed by atoms with van der Waals surface area (Å²) in [5, 5.41) is 20.5. The van der Waals surface area contributed by atoms with Gasteiger partial charge in [0.2, 0.25) is 0 Å². The molecule has 206 valence electrons. The van der Waals surface area contributed by atoms with Gasteiger partial charge in [-0.2, -0.15) is 0 Å². The summed E-state index contributed by atoms with van der Waals surface area (Å²) in [7, 11) is 0. The first-order chi connectivity index (χ1) is 18.6. The predicted octanol–water partition coefficient (Wildman–Crippen LogP) is 9.07. The summed E-state index contributed by atoms with van der Waals surface area (Å²) in [6.45, 7) is 8.81. The van der Waals surface area contributed by atoms with Gasteiger partial charge in [0.05, 0.1) is 12.0 Å². The molecule has 0 aromatic heterocycles. The van der Waals surface area contributed by atoms with Crippen molar-refractivity contribution in [2.75, 3.05) is 0 Å². The number of carboxylic acid groups (broad SMARTS) is 1. The van der Waals surface area contributed by atoms with Gasteiger partial charge in [0.25, 0.3) is 0 Å². The van der Waals surface area contributed by atoms with Gasteiger partial charge >= 0.3 is 5.97 Å². The van der Waals surface area contributed by atoms with Gasteiger partial charge in [0.15, 0.2) is 0 Å². The van der Waals surface area contributed by atoms with Crippen LogP contribution in [0.3, 0.4) is 0 Å². The van der Waals surface area contributed by atoms with Crippen LogP contribution in [-0.2, 0) is 16.6 Å². The number of aryl methyl sites for hydroxylation is 2. The van der Waals surface area contributed by atoms with Gasteiger partial charge in [-0.25, -0.2) is 0 Å². The van der Waals surface area contributed by atoms with E-state index in [-0.39, 0.29) is 11.8 Å². The molecular formula is C35H41ClO3. The highest BCUT2D eigenvalue weighted by Crippen LogP contribution is 2.41. The van der Waals surface area contributed by atoms with Crippen LogP contribution in [0.25, 0.3) is 17.2 Å². The molecule has 0 unspecified atom stereocenters. The number of hydrogen-bond acceptors (Lipinski definition) is 2. The van der Waals surface area contributed by atoms with Gasteiger partial charge in [0.1, 0.15) is 0 Å². The Morgan fingerprint density at radius 1 is 0.923 bits per heavy atom. The topological polar surface area (TPSA) is 57.5 Å². The number of hydrogen-bond donors (Lipinski definition) is 2. The van der Waals surface area contributed by atoms with E-state index in [2.05, 4.69) is 70.2 Å². The van der Waals surface area contributed by atoms with E-state index in [1.165, 1.54) is 23.1 Å². The van der Waals surface area contributed by atoms with Gasteiger partial charge in [-0.1, -0.05) is 105 Å². The molecule has 0 bridgehead atoms. The van der Waals surface area contributed by atoms with E-state index >= 15 is 0 Å². The first-order valence-corrected chi connectivity index (χ1v) is 14.6. The molecule has 4 rings (SSSR count). The van der Waals surface area contributed by atoms with Gasteiger partial charge < -0.3 is 10.2 Å². The number of carbonyl (C=O) groups is 1. The zero-order chi connectivity index (χ0) is 28.2. The molecule has 0 heterocycles. The first kappa shape index (κ1) is 29.1. The number of aliphatic hydroxyl groups is 1. The second-order valence-electron chi connectivity index (χ2n) is 11.3. The third-order valence-electron chi connectivity index (χ3n) is 8.81. The SMILES string of the molecule is CCC(CC)(c1ccc(C=CC2(O)CCCCC2)c(C)c1)c1ccc(-c2ccc(CC(=O)O)c(Cl)c2)c(C)c1. The van der Waals surface area contributed by atoms with Crippen molar-refractivity contribution >= 4 is 23.6 Å². The van der Waals surface area contributed by atoms with Crippen LogP contribution in [0.1, 0.15) is 92.2 Å². The third-order valence-corrected chi connectivity index (χ3v) is 9.16. The van der Waals surface area contributed by atoms with E-state index in [1.807, 2.05) is 24.3 Å². The molecule has 2 N–H and O–H groups in total. The van der Waals surface area contributed by atoms with Crippen LogP contribution in [0.4, 0.5) is 0 Å². The number of carboxylic acids is 1. The molecule has 0 aliphatic heterocycles. The highest BCUT2D eigenvalue weighted by atomic mass is 35.5. The fourth-order valence-electron chi connectivity index (χ4n) is 6.28. The van der Waals surface area contributed by atoms with E-state index in [4.69, 9.17) is 16.7 Å². The molecule has 0 amide bonds. The number of benzene rings is 3. The fourth-order valence-corrected chi connectivity index (χ4v) is 6.52. The molecule has 39 heavy (non-hydrogen) atoms. The molecular weight excluding hydrogens is 504 g/mol. The van der Waals surface area contributed by atoms with E-state index in [1.54, 1.807) is 0 Å². The van der Waals surface area contributed by atoms with Crippen LogP contribution in [0.5, 0.6) is 0 Å². The second-order valence-corrected chi connectivity index (χ2v) is 11.7. The van der Waals surface area contributed by atoms with Gasteiger partial charge in [0, 0.05) is 10.4 Å². The maximum absolute atomic E-state index is 11.1. The standard InChI is InChI=1S/C35H41ClO3/c1-5-35(6-2,29-13-12-26(24(3)20-29)16-19-34(39)17-8-7-9-18-34)30-14-15-31(25(4)21-30)27-10-11-28(23-33(37)38)32(36)22-27/h10-16,19-22,39H,5-9,17-18,23H2,1-4H3,(H,37,38). The Hall–Kier alpha value is -2.88. The van der Waals surface area contributed by atoms with Crippen LogP contribution < -0.4 is 0 Å². The molecule has 1 saturated carbocycles. The van der Waals surface area contributed by atoms with Crippen molar-refractivity contribution in [3.05, 3.63) is 99.1 Å². The Bertz CT molecular complexity index is 1360. The zero-order valence-corrected chi connectivity index (χ0v) is 24.4. The van der Waals surface area contributed by atoms with Crippen molar-refractivity contribution in [2.24, 2.45) is 0 Å². The zero-order valence-electron chi connectivity index (χ0n) is 23.7. The first-order valence-electron chi connectivity index (χ1n) is 14.3. The van der Waals surface area contributed by atoms with Crippen LogP contribution in [0, 0.1) is 13.8 Å². The van der Waals surface area contributed by atoms with Crippen molar-refractivity contribution in [2.45, 2.75) is 90.1 Å². The summed E-state index contributed by atoms with van der Waals surface area (Å²) in [5.41, 5.74) is 8.09. The summed E-state index contributed by atoms with van der Waals surface area (Å²) in [5.74, 6) is -0.888. The number of aliphatic carboxylic acids is 1. The average molecular weight is 545 g/mol. The normalized spacial score (nSPS) is 15.5. The molecule has 3 nitrogen and oxygen atoms in total. The van der Waals surface area contributed by atoms with E-state index in [0.29, 0.717) is 10.6 Å². The van der Waals surface area contributed by atoms with E-state index in [0.717, 1.165) is 60.8 Å². The van der Waals surface area contributed by atoms with Crippen molar-refractivity contribution < 1.29 is 15.0 Å². The van der Waals surface area contributed by atoms with E-state index < -0.39 is 11.6 Å². The Balaban J connectivity index is 1.65. The predicted molar refractivity (Wildman–Crippen MR) is 163 cm³/mol. The Morgan fingerprint density at radius 2 is 1.56 bits per heavy atom. The largest absolute Gasteiger partial charge is 0.481 e. The monoisotopic (exact) mass is 544 g/mol. The van der Waals surface area contributed by atoms with Crippen LogP contribution in [0.2, 0.25) is 5.02 Å². The third kappa shape index (κ3) is 6.31. The summed E-state index contributed by atoms with van der Waals surface area (Å²) in [6, 6.07) is 19.1. The highest BCUT2D eigenvalue weighted by Gasteiger charge is 2.31. The molecule has 3 aromatic rings. The summed E-state index contributed by atoms with van der Waals surface area (Å²) >= 11 is 6.42. The van der Waals surface area contributed by atoms with Gasteiger partial charge in [-0.3, -0.25) is 4.79 Å². The highest BCUT2D eigenvalue weighted by molar-refractivity contribution is 6.31. The molecule has 0 spiro atoms. The Labute approximate surface area is 238 Å².